The Hall–Kier alpha value is -9.19. The molecule has 3 aromatic heterocycles. The van der Waals surface area contributed by atoms with Gasteiger partial charge in [-0.15, -0.1) is 0 Å². The molecule has 0 atom stereocenters. The molecule has 5 nitrogen and oxygen atoms in total. The van der Waals surface area contributed by atoms with Crippen LogP contribution in [0.5, 0.6) is 0 Å². The molecular formula is C63H39N5. The van der Waals surface area contributed by atoms with Gasteiger partial charge in [0.2, 0.25) is 0 Å². The predicted octanol–water partition coefficient (Wildman–Crippen LogP) is 16.2. The number of aromatic nitrogens is 5. The maximum absolute atomic E-state index is 5.47. The molecule has 0 bridgehead atoms. The van der Waals surface area contributed by atoms with E-state index in [0.29, 0.717) is 17.5 Å². The van der Waals surface area contributed by atoms with Crippen molar-refractivity contribution in [3.63, 3.8) is 0 Å². The summed E-state index contributed by atoms with van der Waals surface area (Å²) in [6.45, 7) is 0. The minimum Gasteiger partial charge on any atom is -0.309 e. The van der Waals surface area contributed by atoms with Gasteiger partial charge in [-0.25, -0.2) is 15.0 Å². The molecule has 0 unspecified atom stereocenters. The highest BCUT2D eigenvalue weighted by molar-refractivity contribution is 6.22. The quantitative estimate of drug-likeness (QED) is 0.167. The average Bonchev–Trinajstić information content (AvgIpc) is 3.92. The third-order valence-corrected chi connectivity index (χ3v) is 13.7. The summed E-state index contributed by atoms with van der Waals surface area (Å²) >= 11 is 0. The maximum atomic E-state index is 5.47. The Labute approximate surface area is 391 Å². The Morgan fingerprint density at radius 2 is 0.824 bits per heavy atom. The molecule has 0 aliphatic rings. The van der Waals surface area contributed by atoms with Crippen molar-refractivity contribution in [1.82, 2.24) is 24.1 Å². The van der Waals surface area contributed by atoms with Crippen LogP contribution in [0.2, 0.25) is 0 Å². The molecule has 0 aliphatic heterocycles. The van der Waals surface area contributed by atoms with Crippen LogP contribution in [0.3, 0.4) is 0 Å². The van der Waals surface area contributed by atoms with Crippen molar-refractivity contribution in [2.24, 2.45) is 0 Å². The van der Waals surface area contributed by atoms with Gasteiger partial charge in [-0.3, -0.25) is 0 Å². The molecule has 0 amide bonds. The maximum Gasteiger partial charge on any atom is 0.164 e. The Bertz CT molecular complexity index is 4300. The average molecular weight is 866 g/mol. The summed E-state index contributed by atoms with van der Waals surface area (Å²) in [6, 6.07) is 84.7. The molecule has 5 heteroatoms. The van der Waals surface area contributed by atoms with Crippen molar-refractivity contribution >= 4 is 75.9 Å². The van der Waals surface area contributed by atoms with Gasteiger partial charge in [-0.05, 0) is 81.7 Å². The molecular weight excluding hydrogens is 827 g/mol. The molecule has 0 aliphatic carbocycles. The molecule has 316 valence electrons. The highest BCUT2D eigenvalue weighted by Gasteiger charge is 2.24. The lowest BCUT2D eigenvalue weighted by Crippen LogP contribution is -2.04. The van der Waals surface area contributed by atoms with Gasteiger partial charge in [0.05, 0.1) is 27.8 Å². The van der Waals surface area contributed by atoms with Crippen LogP contribution in [0.25, 0.3) is 133 Å². The van der Waals surface area contributed by atoms with Crippen LogP contribution in [0.4, 0.5) is 0 Å². The van der Waals surface area contributed by atoms with Crippen LogP contribution in [0.1, 0.15) is 0 Å². The molecule has 0 saturated carbocycles. The molecule has 0 spiro atoms. The van der Waals surface area contributed by atoms with Gasteiger partial charge in [0.25, 0.3) is 0 Å². The molecule has 14 aromatic rings. The lowest BCUT2D eigenvalue weighted by atomic mass is 9.93. The predicted molar refractivity (Wildman–Crippen MR) is 283 cm³/mol. The number of hydrogen-bond acceptors (Lipinski definition) is 3. The van der Waals surface area contributed by atoms with Gasteiger partial charge in [0.1, 0.15) is 0 Å². The van der Waals surface area contributed by atoms with E-state index >= 15 is 0 Å². The van der Waals surface area contributed by atoms with Crippen molar-refractivity contribution in [2.75, 3.05) is 0 Å². The fourth-order valence-corrected chi connectivity index (χ4v) is 10.6. The number of para-hydroxylation sites is 2. The number of fused-ring (bicyclic) bond motifs is 10. The van der Waals surface area contributed by atoms with E-state index in [1.807, 2.05) is 18.2 Å². The fraction of sp³-hybridized carbons (Fsp3) is 0. The van der Waals surface area contributed by atoms with Crippen LogP contribution < -0.4 is 0 Å². The first-order valence-corrected chi connectivity index (χ1v) is 23.1. The molecule has 11 aromatic carbocycles. The van der Waals surface area contributed by atoms with Gasteiger partial charge >= 0.3 is 0 Å². The molecule has 0 N–H and O–H groups in total. The molecule has 68 heavy (non-hydrogen) atoms. The molecule has 0 fully saturated rings. The Morgan fingerprint density at radius 1 is 0.265 bits per heavy atom. The number of hydrogen-bond donors (Lipinski definition) is 0. The number of rotatable bonds is 6. The molecule has 3 heterocycles. The zero-order valence-corrected chi connectivity index (χ0v) is 36.8. The van der Waals surface area contributed by atoms with Crippen LogP contribution in [-0.4, -0.2) is 24.1 Å². The van der Waals surface area contributed by atoms with Crippen LogP contribution in [-0.2, 0) is 0 Å². The summed E-state index contributed by atoms with van der Waals surface area (Å²) in [5, 5.41) is 11.7. The van der Waals surface area contributed by atoms with Crippen molar-refractivity contribution in [3.05, 3.63) is 237 Å². The van der Waals surface area contributed by atoms with Crippen LogP contribution >= 0.6 is 0 Å². The van der Waals surface area contributed by atoms with Crippen molar-refractivity contribution in [3.8, 4) is 56.7 Å². The van der Waals surface area contributed by atoms with Gasteiger partial charge in [-0.2, -0.15) is 0 Å². The first-order valence-electron chi connectivity index (χ1n) is 23.1. The largest absolute Gasteiger partial charge is 0.309 e. The first kappa shape index (κ1) is 38.1. The molecule has 0 saturated heterocycles. The highest BCUT2D eigenvalue weighted by Crippen LogP contribution is 2.46. The van der Waals surface area contributed by atoms with E-state index in [-0.39, 0.29) is 0 Å². The summed E-state index contributed by atoms with van der Waals surface area (Å²) < 4.78 is 4.87. The summed E-state index contributed by atoms with van der Waals surface area (Å²) in [4.78, 5) is 16.1. The summed E-state index contributed by atoms with van der Waals surface area (Å²) in [6.07, 6.45) is 0. The van der Waals surface area contributed by atoms with Gasteiger partial charge < -0.3 is 9.13 Å². The number of benzene rings is 11. The van der Waals surface area contributed by atoms with E-state index in [1.54, 1.807) is 0 Å². The van der Waals surface area contributed by atoms with E-state index in [4.69, 9.17) is 15.0 Å². The zero-order valence-electron chi connectivity index (χ0n) is 36.8. The molecule has 0 radical (unpaired) electrons. The van der Waals surface area contributed by atoms with E-state index in [9.17, 15) is 0 Å². The number of nitrogens with zero attached hydrogens (tertiary/aromatic N) is 5. The van der Waals surface area contributed by atoms with E-state index in [2.05, 4.69) is 228 Å². The summed E-state index contributed by atoms with van der Waals surface area (Å²) in [7, 11) is 0. The first-order chi connectivity index (χ1) is 33.7. The van der Waals surface area contributed by atoms with Crippen molar-refractivity contribution < 1.29 is 0 Å². The zero-order chi connectivity index (χ0) is 44.7. The fourth-order valence-electron chi connectivity index (χ4n) is 10.6. The van der Waals surface area contributed by atoms with E-state index < -0.39 is 0 Å². The monoisotopic (exact) mass is 865 g/mol. The lowest BCUT2D eigenvalue weighted by molar-refractivity contribution is 1.08. The highest BCUT2D eigenvalue weighted by atomic mass is 15.0. The minimum atomic E-state index is 0.610. The van der Waals surface area contributed by atoms with Crippen molar-refractivity contribution in [1.29, 1.82) is 0 Å². The van der Waals surface area contributed by atoms with E-state index in [0.717, 1.165) is 71.9 Å². The smallest absolute Gasteiger partial charge is 0.164 e. The third-order valence-electron chi connectivity index (χ3n) is 13.7. The second-order valence-corrected chi connectivity index (χ2v) is 17.6. The Morgan fingerprint density at radius 3 is 1.59 bits per heavy atom. The normalized spacial score (nSPS) is 11.8. The van der Waals surface area contributed by atoms with Crippen LogP contribution in [0, 0.1) is 0 Å². The summed E-state index contributed by atoms with van der Waals surface area (Å²) in [5.74, 6) is 1.84. The SMILES string of the molecule is c1ccc(-c2nc(-c3ccc4c(c3)c3ccccc3n4-c3ccccc3)nc(-c3cc(-c4ccccc4)c(-n4c5cc6ccccc6cc5c5ccc6ccccc6c54)c4ccccc34)n2)cc1. The third kappa shape index (κ3) is 5.93. The second-order valence-electron chi connectivity index (χ2n) is 17.6. The van der Waals surface area contributed by atoms with Gasteiger partial charge in [0, 0.05) is 60.3 Å². The van der Waals surface area contributed by atoms with Crippen molar-refractivity contribution in [2.45, 2.75) is 0 Å². The van der Waals surface area contributed by atoms with E-state index in [1.165, 1.54) is 43.2 Å². The van der Waals surface area contributed by atoms with Gasteiger partial charge in [0.15, 0.2) is 17.5 Å². The van der Waals surface area contributed by atoms with Crippen LogP contribution in [0.15, 0.2) is 237 Å². The Balaban J connectivity index is 1.07. The van der Waals surface area contributed by atoms with Gasteiger partial charge in [-0.1, -0.05) is 182 Å². The standard InChI is InChI=1S/C63H39N5/c1-4-18-40(19-5-1)52-39-55(48-28-14-15-30-50(48)60(52)68-58-38-44-24-11-10-23-43(44)36-54(58)51-34-32-41-20-12-13-27-47(41)59(51)68)63-65-61(42-21-6-2-7-22-42)64-62(66-63)45-33-35-57-53(37-45)49-29-16-17-31-56(49)67(57)46-25-8-3-9-26-46/h1-39H. The topological polar surface area (TPSA) is 48.5 Å². The minimum absolute atomic E-state index is 0.610. The molecule has 14 rings (SSSR count). The Kier molecular flexibility index (Phi) is 8.52. The second kappa shape index (κ2) is 15.2. The lowest BCUT2D eigenvalue weighted by Gasteiger charge is -2.20. The summed E-state index contributed by atoms with van der Waals surface area (Å²) in [5.41, 5.74) is 11.8.